The Balaban J connectivity index is 1.46. The number of benzene rings is 1. The number of hydrogen-bond acceptors (Lipinski definition) is 6. The second-order valence-electron chi connectivity index (χ2n) is 8.17. The Bertz CT molecular complexity index is 1380. The fraction of sp³-hybridized carbons (Fsp3) is 0.231. The number of H-pyrrole nitrogens is 1. The molecule has 0 radical (unpaired) electrons. The van der Waals surface area contributed by atoms with Gasteiger partial charge in [-0.25, -0.2) is 9.97 Å². The van der Waals surface area contributed by atoms with Crippen molar-refractivity contribution in [2.24, 2.45) is 0 Å². The topological polar surface area (TPSA) is 113 Å². The lowest BCUT2D eigenvalue weighted by molar-refractivity contribution is -0.114. The van der Waals surface area contributed by atoms with Crippen LogP contribution >= 0.6 is 0 Å². The molecule has 4 heterocycles. The molecule has 0 spiro atoms. The van der Waals surface area contributed by atoms with E-state index in [9.17, 15) is 10.1 Å². The van der Waals surface area contributed by atoms with Gasteiger partial charge in [0, 0.05) is 48.8 Å². The number of fused-ring (bicyclic) bond motifs is 1. The van der Waals surface area contributed by atoms with Gasteiger partial charge in [-0.05, 0) is 47.5 Å². The second-order valence-corrected chi connectivity index (χ2v) is 8.17. The van der Waals surface area contributed by atoms with Crippen LogP contribution in [0, 0.1) is 11.3 Å². The molecule has 1 fully saturated rings. The lowest BCUT2D eigenvalue weighted by Gasteiger charge is -2.23. The summed E-state index contributed by atoms with van der Waals surface area (Å²) in [5, 5.41) is 13.4. The molecule has 1 saturated heterocycles. The summed E-state index contributed by atoms with van der Waals surface area (Å²) in [7, 11) is 0. The number of hydrogen-bond donors (Lipinski definition) is 2. The molecule has 1 aliphatic heterocycles. The van der Waals surface area contributed by atoms with Gasteiger partial charge in [-0.2, -0.15) is 5.26 Å². The molecule has 0 bridgehead atoms. The van der Waals surface area contributed by atoms with Crippen LogP contribution in [0.3, 0.4) is 0 Å². The van der Waals surface area contributed by atoms with Crippen molar-refractivity contribution in [2.75, 3.05) is 18.5 Å². The summed E-state index contributed by atoms with van der Waals surface area (Å²) in [6.45, 7) is 2.81. The number of aromatic amines is 1. The van der Waals surface area contributed by atoms with Crippen LogP contribution in [0.1, 0.15) is 25.3 Å². The van der Waals surface area contributed by atoms with Gasteiger partial charge < -0.3 is 19.8 Å². The number of aromatic nitrogens is 3. The highest BCUT2D eigenvalue weighted by molar-refractivity contribution is 5.96. The van der Waals surface area contributed by atoms with E-state index in [2.05, 4.69) is 26.3 Å². The molecule has 34 heavy (non-hydrogen) atoms. The van der Waals surface area contributed by atoms with Crippen molar-refractivity contribution in [3.63, 3.8) is 0 Å². The molecule has 1 aromatic carbocycles. The molecule has 2 N–H and O–H groups in total. The summed E-state index contributed by atoms with van der Waals surface area (Å²) >= 11 is 0. The average Bonchev–Trinajstić information content (AvgIpc) is 3.30. The number of carbonyl (C=O) groups is 1. The van der Waals surface area contributed by atoms with E-state index in [1.165, 1.54) is 6.92 Å². The molecular weight excluding hydrogens is 430 g/mol. The van der Waals surface area contributed by atoms with Crippen LogP contribution in [0.5, 0.6) is 5.75 Å². The first-order chi connectivity index (χ1) is 16.6. The van der Waals surface area contributed by atoms with Gasteiger partial charge in [0.1, 0.15) is 29.4 Å². The molecule has 0 atom stereocenters. The molecular formula is C26H23N5O3. The highest BCUT2D eigenvalue weighted by Crippen LogP contribution is 2.34. The third-order valence-electron chi connectivity index (χ3n) is 5.78. The van der Waals surface area contributed by atoms with Crippen molar-refractivity contribution in [3.05, 3.63) is 60.4 Å². The van der Waals surface area contributed by atoms with Gasteiger partial charge in [-0.3, -0.25) is 4.79 Å². The molecule has 4 aromatic rings. The maximum Gasteiger partial charge on any atom is 0.222 e. The van der Waals surface area contributed by atoms with E-state index in [1.54, 1.807) is 18.5 Å². The predicted octanol–water partition coefficient (Wildman–Crippen LogP) is 4.68. The van der Waals surface area contributed by atoms with Gasteiger partial charge in [0.05, 0.1) is 18.8 Å². The van der Waals surface area contributed by atoms with Crippen LogP contribution in [0.25, 0.3) is 33.4 Å². The van der Waals surface area contributed by atoms with Gasteiger partial charge in [0.25, 0.3) is 0 Å². The minimum absolute atomic E-state index is 0.0669. The first-order valence-corrected chi connectivity index (χ1v) is 11.1. The third kappa shape index (κ3) is 4.47. The van der Waals surface area contributed by atoms with Crippen molar-refractivity contribution in [1.82, 2.24) is 15.0 Å². The van der Waals surface area contributed by atoms with Crippen LogP contribution in [0.15, 0.2) is 54.9 Å². The molecule has 0 unspecified atom stereocenters. The number of amides is 1. The fourth-order valence-corrected chi connectivity index (χ4v) is 4.10. The zero-order valence-corrected chi connectivity index (χ0v) is 18.7. The van der Waals surface area contributed by atoms with Crippen molar-refractivity contribution < 1.29 is 14.3 Å². The molecule has 3 aromatic heterocycles. The highest BCUT2D eigenvalue weighted by atomic mass is 16.5. The Morgan fingerprint density at radius 3 is 2.71 bits per heavy atom. The largest absolute Gasteiger partial charge is 0.489 e. The van der Waals surface area contributed by atoms with Crippen LogP contribution in [0.4, 0.5) is 5.82 Å². The number of anilines is 1. The normalized spacial score (nSPS) is 14.0. The van der Waals surface area contributed by atoms with Crippen molar-refractivity contribution in [1.29, 1.82) is 5.26 Å². The Morgan fingerprint density at radius 1 is 1.15 bits per heavy atom. The first-order valence-electron chi connectivity index (χ1n) is 11.1. The predicted molar refractivity (Wildman–Crippen MR) is 128 cm³/mol. The van der Waals surface area contributed by atoms with Gasteiger partial charge in [-0.1, -0.05) is 6.07 Å². The Kier molecular flexibility index (Phi) is 5.93. The van der Waals surface area contributed by atoms with E-state index in [0.29, 0.717) is 30.3 Å². The summed E-state index contributed by atoms with van der Waals surface area (Å²) in [6.07, 6.45) is 5.16. The van der Waals surface area contributed by atoms with Crippen molar-refractivity contribution in [3.8, 4) is 34.2 Å². The van der Waals surface area contributed by atoms with Gasteiger partial charge in [-0.15, -0.1) is 0 Å². The zero-order chi connectivity index (χ0) is 23.5. The van der Waals surface area contributed by atoms with Crippen LogP contribution in [0.2, 0.25) is 0 Å². The van der Waals surface area contributed by atoms with Crippen molar-refractivity contribution in [2.45, 2.75) is 25.9 Å². The number of carbonyl (C=O) groups excluding carboxylic acids is 1. The monoisotopic (exact) mass is 453 g/mol. The molecule has 1 amide bonds. The number of rotatable bonds is 5. The van der Waals surface area contributed by atoms with E-state index in [1.807, 2.05) is 36.4 Å². The molecule has 5 rings (SSSR count). The van der Waals surface area contributed by atoms with Crippen LogP contribution < -0.4 is 10.1 Å². The lowest BCUT2D eigenvalue weighted by Crippen LogP contribution is -2.26. The number of nitriles is 1. The second kappa shape index (κ2) is 9.33. The van der Waals surface area contributed by atoms with E-state index >= 15 is 0 Å². The SMILES string of the molecule is CC(=O)Nc1ccc(-c2cc3c(-c4ccc(OC5CCOCC5)c(C#N)c4)ccnc3[nH]2)cn1. The Morgan fingerprint density at radius 2 is 1.97 bits per heavy atom. The number of nitrogens with one attached hydrogen (secondary N) is 2. The smallest absolute Gasteiger partial charge is 0.222 e. The maximum absolute atomic E-state index is 11.2. The molecule has 0 aliphatic carbocycles. The first kappa shape index (κ1) is 21.6. The van der Waals surface area contributed by atoms with Crippen LogP contribution in [-0.2, 0) is 9.53 Å². The summed E-state index contributed by atoms with van der Waals surface area (Å²) < 4.78 is 11.5. The van der Waals surface area contributed by atoms with E-state index in [4.69, 9.17) is 9.47 Å². The lowest BCUT2D eigenvalue weighted by atomic mass is 10.0. The summed E-state index contributed by atoms with van der Waals surface area (Å²) in [4.78, 5) is 23.3. The van der Waals surface area contributed by atoms with Gasteiger partial charge in [0.2, 0.25) is 5.91 Å². The molecule has 8 heteroatoms. The molecule has 0 saturated carbocycles. The quantitative estimate of drug-likeness (QED) is 0.454. The van der Waals surface area contributed by atoms with E-state index in [0.717, 1.165) is 46.3 Å². The standard InChI is InChI=1S/C26H23N5O3/c1-16(32)30-25-5-3-18(15-29-25)23-13-22-21(6-9-28-26(22)31-23)17-2-4-24(19(12-17)14-27)34-20-7-10-33-11-8-20/h2-6,9,12-13,15,20H,7-8,10-11H2,1H3,(H,28,31)(H,29,30,32). The highest BCUT2D eigenvalue weighted by Gasteiger charge is 2.18. The number of pyridine rings is 2. The fourth-order valence-electron chi connectivity index (χ4n) is 4.10. The Hall–Kier alpha value is -4.22. The van der Waals surface area contributed by atoms with Crippen molar-refractivity contribution >= 4 is 22.8 Å². The average molecular weight is 454 g/mol. The van der Waals surface area contributed by atoms with Crippen LogP contribution in [-0.4, -0.2) is 40.2 Å². The van der Waals surface area contributed by atoms with E-state index < -0.39 is 0 Å². The summed E-state index contributed by atoms with van der Waals surface area (Å²) in [6, 6.07) is 15.6. The third-order valence-corrected chi connectivity index (χ3v) is 5.78. The van der Waals surface area contributed by atoms with Gasteiger partial charge >= 0.3 is 0 Å². The zero-order valence-electron chi connectivity index (χ0n) is 18.7. The summed E-state index contributed by atoms with van der Waals surface area (Å²) in [5.41, 5.74) is 4.84. The molecule has 170 valence electrons. The molecule has 8 nitrogen and oxygen atoms in total. The number of ether oxygens (including phenoxy) is 2. The minimum Gasteiger partial charge on any atom is -0.489 e. The Labute approximate surface area is 196 Å². The number of nitrogens with zero attached hydrogens (tertiary/aromatic N) is 3. The van der Waals surface area contributed by atoms with E-state index in [-0.39, 0.29) is 12.0 Å². The molecule has 1 aliphatic rings. The maximum atomic E-state index is 11.2. The van der Waals surface area contributed by atoms with Gasteiger partial charge in [0.15, 0.2) is 0 Å². The summed E-state index contributed by atoms with van der Waals surface area (Å²) in [5.74, 6) is 0.933. The minimum atomic E-state index is -0.166.